The number of hydrogen-bond donors (Lipinski definition) is 0. The van der Waals surface area contributed by atoms with Gasteiger partial charge in [0.05, 0.1) is 13.7 Å². The first-order valence-electron chi connectivity index (χ1n) is 6.61. The highest BCUT2D eigenvalue weighted by molar-refractivity contribution is 5.61. The molecule has 1 aliphatic carbocycles. The summed E-state index contributed by atoms with van der Waals surface area (Å²) in [4.78, 5) is 22.6. The zero-order valence-electron chi connectivity index (χ0n) is 11.7. The van der Waals surface area contributed by atoms with Crippen LogP contribution in [0.4, 0.5) is 9.59 Å². The maximum Gasteiger partial charge on any atom is 0.508 e. The van der Waals surface area contributed by atoms with E-state index in [0.29, 0.717) is 19.4 Å². The summed E-state index contributed by atoms with van der Waals surface area (Å²) >= 11 is 0. The maximum atomic E-state index is 11.5. The number of carbonyl (C=O) groups is 2. The highest BCUT2D eigenvalue weighted by Crippen LogP contribution is 2.24. The monoisotopic (exact) mass is 274 g/mol. The largest absolute Gasteiger partial charge is 0.508 e. The maximum absolute atomic E-state index is 11.5. The molecule has 1 fully saturated rings. The van der Waals surface area contributed by atoms with Crippen LogP contribution in [0.5, 0.6) is 0 Å². The lowest BCUT2D eigenvalue weighted by Gasteiger charge is -2.29. The number of hydrogen-bond acceptors (Lipinski definition) is 6. The Morgan fingerprint density at radius 1 is 1.05 bits per heavy atom. The van der Waals surface area contributed by atoms with E-state index in [1.807, 2.05) is 13.8 Å². The third-order valence-electron chi connectivity index (χ3n) is 2.84. The minimum atomic E-state index is -0.754. The molecular formula is C13H22O6. The number of rotatable bonds is 4. The molecule has 6 nitrogen and oxygen atoms in total. The van der Waals surface area contributed by atoms with Crippen LogP contribution in [0.3, 0.4) is 0 Å². The van der Waals surface area contributed by atoms with Gasteiger partial charge in [-0.25, -0.2) is 9.59 Å². The van der Waals surface area contributed by atoms with Crippen LogP contribution in [0.25, 0.3) is 0 Å². The molecule has 2 atom stereocenters. The Bertz CT molecular complexity index is 302. The Morgan fingerprint density at radius 2 is 1.58 bits per heavy atom. The van der Waals surface area contributed by atoms with Crippen molar-refractivity contribution < 1.29 is 28.5 Å². The van der Waals surface area contributed by atoms with E-state index in [9.17, 15) is 9.59 Å². The highest BCUT2D eigenvalue weighted by atomic mass is 16.8. The van der Waals surface area contributed by atoms with Crippen molar-refractivity contribution in [1.82, 2.24) is 0 Å². The number of ether oxygens (including phenoxy) is 4. The molecule has 0 heterocycles. The van der Waals surface area contributed by atoms with Crippen molar-refractivity contribution in [1.29, 1.82) is 0 Å². The van der Waals surface area contributed by atoms with E-state index >= 15 is 0 Å². The van der Waals surface area contributed by atoms with E-state index in [0.717, 1.165) is 12.8 Å². The summed E-state index contributed by atoms with van der Waals surface area (Å²) in [6, 6.07) is 0. The summed E-state index contributed by atoms with van der Waals surface area (Å²) < 4.78 is 19.7. The quantitative estimate of drug-likeness (QED) is 0.734. The molecule has 0 N–H and O–H groups in total. The average Bonchev–Trinajstić information content (AvgIpc) is 2.38. The molecule has 0 radical (unpaired) electrons. The molecule has 0 amide bonds. The minimum absolute atomic E-state index is 0.251. The van der Waals surface area contributed by atoms with Gasteiger partial charge >= 0.3 is 12.3 Å². The van der Waals surface area contributed by atoms with E-state index in [-0.39, 0.29) is 5.92 Å². The molecule has 0 bridgehead atoms. The fraction of sp³-hybridized carbons (Fsp3) is 0.846. The minimum Gasteiger partial charge on any atom is -0.438 e. The molecule has 1 aliphatic rings. The normalized spacial score (nSPS) is 22.7. The second-order valence-corrected chi connectivity index (χ2v) is 5.01. The van der Waals surface area contributed by atoms with Gasteiger partial charge in [-0.05, 0) is 31.6 Å². The first kappa shape index (κ1) is 15.6. The lowest BCUT2D eigenvalue weighted by molar-refractivity contribution is -0.0692. The highest BCUT2D eigenvalue weighted by Gasteiger charge is 2.32. The predicted octanol–water partition coefficient (Wildman–Crippen LogP) is 2.89. The topological polar surface area (TPSA) is 71.1 Å². The van der Waals surface area contributed by atoms with E-state index in [1.165, 1.54) is 7.11 Å². The van der Waals surface area contributed by atoms with Gasteiger partial charge in [-0.3, -0.25) is 0 Å². The fourth-order valence-electron chi connectivity index (χ4n) is 1.90. The molecule has 1 saturated carbocycles. The Hall–Kier alpha value is -1.46. The second-order valence-electron chi connectivity index (χ2n) is 5.01. The van der Waals surface area contributed by atoms with E-state index in [2.05, 4.69) is 4.74 Å². The molecule has 6 heteroatoms. The van der Waals surface area contributed by atoms with Crippen LogP contribution in [-0.4, -0.2) is 38.2 Å². The van der Waals surface area contributed by atoms with E-state index in [1.54, 1.807) is 0 Å². The Labute approximate surface area is 113 Å². The zero-order chi connectivity index (χ0) is 14.3. The molecule has 0 aromatic carbocycles. The SMILES string of the molecule is COC(=O)OC1CCCCC1OC(=O)OCC(C)C. The van der Waals surface area contributed by atoms with Gasteiger partial charge in [0.2, 0.25) is 0 Å². The van der Waals surface area contributed by atoms with Crippen LogP contribution in [0.2, 0.25) is 0 Å². The molecular weight excluding hydrogens is 252 g/mol. The molecule has 0 spiro atoms. The Morgan fingerprint density at radius 3 is 2.05 bits per heavy atom. The molecule has 0 aliphatic heterocycles. The summed E-state index contributed by atoms with van der Waals surface area (Å²) in [5, 5.41) is 0. The molecule has 110 valence electrons. The molecule has 0 aromatic rings. The third-order valence-corrected chi connectivity index (χ3v) is 2.84. The van der Waals surface area contributed by atoms with Gasteiger partial charge in [0.15, 0.2) is 0 Å². The van der Waals surface area contributed by atoms with Gasteiger partial charge in [0, 0.05) is 0 Å². The summed E-state index contributed by atoms with van der Waals surface area (Å²) in [5.41, 5.74) is 0. The van der Waals surface area contributed by atoms with Crippen LogP contribution in [-0.2, 0) is 18.9 Å². The smallest absolute Gasteiger partial charge is 0.438 e. The molecule has 0 aromatic heterocycles. The third kappa shape index (κ3) is 5.81. The second kappa shape index (κ2) is 7.86. The molecule has 0 saturated heterocycles. The number of methoxy groups -OCH3 is 1. The number of carbonyl (C=O) groups excluding carboxylic acids is 2. The Kier molecular flexibility index (Phi) is 6.45. The van der Waals surface area contributed by atoms with E-state index in [4.69, 9.17) is 14.2 Å². The van der Waals surface area contributed by atoms with Crippen LogP contribution in [0.1, 0.15) is 39.5 Å². The van der Waals surface area contributed by atoms with Crippen molar-refractivity contribution >= 4 is 12.3 Å². The fourth-order valence-corrected chi connectivity index (χ4v) is 1.90. The average molecular weight is 274 g/mol. The van der Waals surface area contributed by atoms with Crippen molar-refractivity contribution in [3.63, 3.8) is 0 Å². The lowest BCUT2D eigenvalue weighted by atomic mass is 9.95. The standard InChI is InChI=1S/C13H22O6/c1-9(2)8-17-13(15)19-11-7-5-4-6-10(11)18-12(14)16-3/h9-11H,4-8H2,1-3H3. The first-order chi connectivity index (χ1) is 9.02. The summed E-state index contributed by atoms with van der Waals surface area (Å²) in [7, 11) is 1.25. The van der Waals surface area contributed by atoms with Crippen LogP contribution in [0, 0.1) is 5.92 Å². The summed E-state index contributed by atoms with van der Waals surface area (Å²) in [6.07, 6.45) is 0.830. The van der Waals surface area contributed by atoms with Crippen molar-refractivity contribution in [2.75, 3.05) is 13.7 Å². The van der Waals surface area contributed by atoms with Gasteiger partial charge in [-0.1, -0.05) is 13.8 Å². The summed E-state index contributed by atoms with van der Waals surface area (Å²) in [5.74, 6) is 0.251. The molecule has 19 heavy (non-hydrogen) atoms. The summed E-state index contributed by atoms with van der Waals surface area (Å²) in [6.45, 7) is 4.20. The van der Waals surface area contributed by atoms with Crippen molar-refractivity contribution in [2.45, 2.75) is 51.7 Å². The van der Waals surface area contributed by atoms with Crippen molar-refractivity contribution in [3.05, 3.63) is 0 Å². The van der Waals surface area contributed by atoms with Crippen LogP contribution < -0.4 is 0 Å². The van der Waals surface area contributed by atoms with Gasteiger partial charge in [0.25, 0.3) is 0 Å². The van der Waals surface area contributed by atoms with Crippen molar-refractivity contribution in [2.24, 2.45) is 5.92 Å². The van der Waals surface area contributed by atoms with Gasteiger partial charge in [-0.15, -0.1) is 0 Å². The van der Waals surface area contributed by atoms with Crippen LogP contribution >= 0.6 is 0 Å². The molecule has 1 rings (SSSR count). The lowest BCUT2D eigenvalue weighted by Crippen LogP contribution is -2.38. The van der Waals surface area contributed by atoms with Gasteiger partial charge in [0.1, 0.15) is 12.2 Å². The van der Waals surface area contributed by atoms with Crippen LogP contribution in [0.15, 0.2) is 0 Å². The van der Waals surface area contributed by atoms with Gasteiger partial charge in [-0.2, -0.15) is 0 Å². The first-order valence-corrected chi connectivity index (χ1v) is 6.61. The van der Waals surface area contributed by atoms with Crippen molar-refractivity contribution in [3.8, 4) is 0 Å². The van der Waals surface area contributed by atoms with E-state index < -0.39 is 24.5 Å². The molecule has 2 unspecified atom stereocenters. The zero-order valence-corrected chi connectivity index (χ0v) is 11.7. The van der Waals surface area contributed by atoms with Gasteiger partial charge < -0.3 is 18.9 Å². The Balaban J connectivity index is 2.43. The predicted molar refractivity (Wildman–Crippen MR) is 66.8 cm³/mol.